The molecule has 1 rings (SSSR count). The maximum absolute atomic E-state index is 10.3. The number of hydrogen-bond acceptors (Lipinski definition) is 1. The van der Waals surface area contributed by atoms with Crippen molar-refractivity contribution >= 4 is 6.29 Å². The first-order valence-corrected chi connectivity index (χ1v) is 6.05. The minimum Gasteiger partial charge on any atom is -0.303 e. The molecule has 0 spiro atoms. The molecule has 0 amide bonds. The van der Waals surface area contributed by atoms with Gasteiger partial charge in [0.15, 0.2) is 0 Å². The second kappa shape index (κ2) is 5.83. The molecule has 0 radical (unpaired) electrons. The summed E-state index contributed by atoms with van der Waals surface area (Å²) >= 11 is 0. The predicted octanol–water partition coefficient (Wildman–Crippen LogP) is 4.21. The summed E-state index contributed by atoms with van der Waals surface area (Å²) in [6.07, 6.45) is 13.6. The molecule has 0 fully saturated rings. The summed E-state index contributed by atoms with van der Waals surface area (Å²) in [5.41, 5.74) is 2.98. The van der Waals surface area contributed by atoms with Crippen molar-refractivity contribution in [1.82, 2.24) is 0 Å². The van der Waals surface area contributed by atoms with Gasteiger partial charge in [-0.15, -0.1) is 0 Å². The average Bonchev–Trinajstić information content (AvgIpc) is 2.43. The second-order valence-electron chi connectivity index (χ2n) is 5.32. The molecule has 0 aromatic carbocycles. The average molecular weight is 218 g/mol. The topological polar surface area (TPSA) is 17.1 Å². The Labute approximate surface area is 98.9 Å². The van der Waals surface area contributed by atoms with Crippen LogP contribution in [0.1, 0.15) is 46.5 Å². The fourth-order valence-electron chi connectivity index (χ4n) is 1.80. The Balaban J connectivity index is 2.57. The maximum atomic E-state index is 10.3. The highest BCUT2D eigenvalue weighted by atomic mass is 16.1. The smallest absolute Gasteiger partial charge is 0.120 e. The summed E-state index contributed by atoms with van der Waals surface area (Å²) in [7, 11) is 0. The number of carbonyl (C=O) groups excluding carboxylic acids is 1. The number of allylic oxidation sites excluding steroid dienone is 6. The van der Waals surface area contributed by atoms with E-state index in [1.807, 2.05) is 0 Å². The van der Waals surface area contributed by atoms with E-state index < -0.39 is 0 Å². The molecule has 0 unspecified atom stereocenters. The van der Waals surface area contributed by atoms with Crippen LogP contribution >= 0.6 is 0 Å². The molecule has 0 aromatic heterocycles. The van der Waals surface area contributed by atoms with Crippen molar-refractivity contribution in [2.75, 3.05) is 0 Å². The zero-order chi connectivity index (χ0) is 12.0. The molecule has 0 saturated carbocycles. The van der Waals surface area contributed by atoms with Crippen LogP contribution in [-0.4, -0.2) is 6.29 Å². The predicted molar refractivity (Wildman–Crippen MR) is 69.3 cm³/mol. The summed E-state index contributed by atoms with van der Waals surface area (Å²) in [5, 5.41) is 0. The Hall–Kier alpha value is -1.11. The van der Waals surface area contributed by atoms with E-state index in [1.54, 1.807) is 0 Å². The number of carbonyl (C=O) groups is 1. The van der Waals surface area contributed by atoms with Gasteiger partial charge in [0.2, 0.25) is 0 Å². The van der Waals surface area contributed by atoms with Crippen LogP contribution in [0.2, 0.25) is 0 Å². The number of unbranched alkanes of at least 4 members (excludes halogenated alkanes) is 1. The Morgan fingerprint density at radius 2 is 2.00 bits per heavy atom. The largest absolute Gasteiger partial charge is 0.303 e. The Bertz CT molecular complexity index is 324. The van der Waals surface area contributed by atoms with Gasteiger partial charge in [0.05, 0.1) is 0 Å². The van der Waals surface area contributed by atoms with Gasteiger partial charge in [-0.25, -0.2) is 0 Å². The minimum atomic E-state index is 0.225. The van der Waals surface area contributed by atoms with Crippen molar-refractivity contribution in [3.8, 4) is 0 Å². The van der Waals surface area contributed by atoms with Gasteiger partial charge < -0.3 is 4.79 Å². The highest BCUT2D eigenvalue weighted by Gasteiger charge is 2.14. The number of hydrogen-bond donors (Lipinski definition) is 0. The van der Waals surface area contributed by atoms with Gasteiger partial charge in [0.1, 0.15) is 6.29 Å². The van der Waals surface area contributed by atoms with Crippen LogP contribution in [-0.2, 0) is 4.79 Å². The second-order valence-corrected chi connectivity index (χ2v) is 5.32. The van der Waals surface area contributed by atoms with E-state index in [0.29, 0.717) is 6.42 Å². The molecular weight excluding hydrogens is 196 g/mol. The molecule has 0 aliphatic heterocycles. The van der Waals surface area contributed by atoms with Crippen molar-refractivity contribution < 1.29 is 4.79 Å². The Morgan fingerprint density at radius 3 is 2.62 bits per heavy atom. The lowest BCUT2D eigenvalue weighted by Crippen LogP contribution is -2.07. The van der Waals surface area contributed by atoms with Gasteiger partial charge >= 0.3 is 0 Å². The molecule has 88 valence electrons. The highest BCUT2D eigenvalue weighted by molar-refractivity contribution is 5.49. The van der Waals surface area contributed by atoms with Crippen LogP contribution in [0.4, 0.5) is 0 Å². The molecule has 1 aliphatic carbocycles. The van der Waals surface area contributed by atoms with Crippen molar-refractivity contribution in [3.63, 3.8) is 0 Å². The van der Waals surface area contributed by atoms with Crippen LogP contribution in [0.3, 0.4) is 0 Å². The Morgan fingerprint density at radius 1 is 1.25 bits per heavy atom. The first-order valence-electron chi connectivity index (χ1n) is 6.05. The van der Waals surface area contributed by atoms with Crippen LogP contribution < -0.4 is 0 Å². The van der Waals surface area contributed by atoms with E-state index in [1.165, 1.54) is 11.1 Å². The maximum Gasteiger partial charge on any atom is 0.120 e. The first-order chi connectivity index (χ1) is 7.54. The number of rotatable bonds is 4. The van der Waals surface area contributed by atoms with Gasteiger partial charge in [0.25, 0.3) is 0 Å². The van der Waals surface area contributed by atoms with E-state index in [9.17, 15) is 4.79 Å². The SMILES string of the molecule is CC(C)(C)C1=CCC=C(CCCC=O)C=C1. The van der Waals surface area contributed by atoms with E-state index in [0.717, 1.165) is 25.5 Å². The van der Waals surface area contributed by atoms with Gasteiger partial charge in [-0.05, 0) is 30.3 Å². The zero-order valence-electron chi connectivity index (χ0n) is 10.6. The zero-order valence-corrected chi connectivity index (χ0v) is 10.6. The van der Waals surface area contributed by atoms with Crippen molar-refractivity contribution in [2.45, 2.75) is 46.5 Å². The molecule has 0 heterocycles. The molecule has 1 aliphatic rings. The van der Waals surface area contributed by atoms with Gasteiger partial charge in [0, 0.05) is 6.42 Å². The van der Waals surface area contributed by atoms with Crippen molar-refractivity contribution in [1.29, 1.82) is 0 Å². The van der Waals surface area contributed by atoms with Crippen molar-refractivity contribution in [2.24, 2.45) is 5.41 Å². The highest BCUT2D eigenvalue weighted by Crippen LogP contribution is 2.29. The third-order valence-electron chi connectivity index (χ3n) is 2.85. The van der Waals surface area contributed by atoms with E-state index in [2.05, 4.69) is 45.1 Å². The third-order valence-corrected chi connectivity index (χ3v) is 2.85. The van der Waals surface area contributed by atoms with Gasteiger partial charge in [-0.1, -0.05) is 50.6 Å². The number of aldehydes is 1. The standard InChI is InChI=1S/C15H22O/c1-15(2,3)14-9-6-8-13(10-11-14)7-4-5-12-16/h8-12H,4-7H2,1-3H3. The summed E-state index contributed by atoms with van der Waals surface area (Å²) in [6.45, 7) is 6.71. The minimum absolute atomic E-state index is 0.225. The van der Waals surface area contributed by atoms with Crippen LogP contribution in [0.15, 0.2) is 35.5 Å². The van der Waals surface area contributed by atoms with E-state index in [4.69, 9.17) is 0 Å². The summed E-state index contributed by atoms with van der Waals surface area (Å²) in [4.78, 5) is 10.3. The van der Waals surface area contributed by atoms with Crippen LogP contribution in [0.25, 0.3) is 0 Å². The van der Waals surface area contributed by atoms with E-state index in [-0.39, 0.29) is 5.41 Å². The summed E-state index contributed by atoms with van der Waals surface area (Å²) in [5.74, 6) is 0. The molecule has 0 atom stereocenters. The molecule has 0 saturated heterocycles. The van der Waals surface area contributed by atoms with Crippen LogP contribution in [0, 0.1) is 5.41 Å². The van der Waals surface area contributed by atoms with Crippen molar-refractivity contribution in [3.05, 3.63) is 35.5 Å². The molecule has 0 aromatic rings. The van der Waals surface area contributed by atoms with Gasteiger partial charge in [-0.2, -0.15) is 0 Å². The Kier molecular flexibility index (Phi) is 4.72. The quantitative estimate of drug-likeness (QED) is 0.510. The lowest BCUT2D eigenvalue weighted by Gasteiger charge is -2.19. The molecular formula is C15H22O. The lowest BCUT2D eigenvalue weighted by molar-refractivity contribution is -0.107. The fourth-order valence-corrected chi connectivity index (χ4v) is 1.80. The normalized spacial score (nSPS) is 16.4. The third kappa shape index (κ3) is 4.18. The molecule has 16 heavy (non-hydrogen) atoms. The molecule has 1 nitrogen and oxygen atoms in total. The summed E-state index contributed by atoms with van der Waals surface area (Å²) < 4.78 is 0. The lowest BCUT2D eigenvalue weighted by atomic mass is 9.86. The van der Waals surface area contributed by atoms with Gasteiger partial charge in [-0.3, -0.25) is 0 Å². The summed E-state index contributed by atoms with van der Waals surface area (Å²) in [6, 6.07) is 0. The fraction of sp³-hybridized carbons (Fsp3) is 0.533. The monoisotopic (exact) mass is 218 g/mol. The molecule has 1 heteroatoms. The first kappa shape index (κ1) is 13.0. The molecule has 0 N–H and O–H groups in total. The van der Waals surface area contributed by atoms with E-state index >= 15 is 0 Å². The molecule has 0 bridgehead atoms. The van der Waals surface area contributed by atoms with Crippen LogP contribution in [0.5, 0.6) is 0 Å².